The predicted molar refractivity (Wildman–Crippen MR) is 115 cm³/mol. The summed E-state index contributed by atoms with van der Waals surface area (Å²) in [6, 6.07) is 8.92. The molecule has 3 rings (SSSR count). The molecular formula is C24H30F2N2O3. The minimum Gasteiger partial charge on any atom is -0.390 e. The summed E-state index contributed by atoms with van der Waals surface area (Å²) in [5.41, 5.74) is 4.11. The maximum atomic E-state index is 13.6. The lowest BCUT2D eigenvalue weighted by molar-refractivity contribution is -0.125. The summed E-state index contributed by atoms with van der Waals surface area (Å²) in [4.78, 5) is 11.8. The first kappa shape index (κ1) is 23.3. The van der Waals surface area contributed by atoms with Crippen molar-refractivity contribution in [1.29, 1.82) is 0 Å². The van der Waals surface area contributed by atoms with Gasteiger partial charge < -0.3 is 20.8 Å². The Hall–Kier alpha value is -2.35. The van der Waals surface area contributed by atoms with E-state index in [1.54, 1.807) is 0 Å². The van der Waals surface area contributed by atoms with Gasteiger partial charge in [0.05, 0.1) is 12.1 Å². The van der Waals surface area contributed by atoms with Crippen LogP contribution in [0.2, 0.25) is 0 Å². The summed E-state index contributed by atoms with van der Waals surface area (Å²) in [7, 11) is 0. The van der Waals surface area contributed by atoms with Crippen molar-refractivity contribution >= 4 is 5.91 Å². The van der Waals surface area contributed by atoms with Crippen LogP contribution in [0.1, 0.15) is 48.1 Å². The first-order valence-corrected chi connectivity index (χ1v) is 10.8. The first-order valence-electron chi connectivity index (χ1n) is 10.8. The van der Waals surface area contributed by atoms with E-state index in [4.69, 9.17) is 5.11 Å². The standard InChI is InChI=1S/C24H30F2N2O3/c1-2-15-6-7-17-4-3-5-21(20(17)10-15)27-13-23(30)22(28-24(31)14-29)11-16-8-18(25)12-19(26)9-16/h6-10,12,21-23,27,29-30H,2-5,11,13-14H2,1H3,(H,28,31)/t21-,22?,23?/m0/s1. The Morgan fingerprint density at radius 3 is 2.58 bits per heavy atom. The van der Waals surface area contributed by atoms with Crippen LogP contribution in [-0.2, 0) is 24.1 Å². The molecular weight excluding hydrogens is 402 g/mol. The van der Waals surface area contributed by atoms with E-state index in [1.165, 1.54) is 28.8 Å². The molecule has 2 aromatic rings. The molecule has 0 aliphatic heterocycles. The van der Waals surface area contributed by atoms with Crippen molar-refractivity contribution in [3.63, 3.8) is 0 Å². The second-order valence-electron chi connectivity index (χ2n) is 8.12. The number of rotatable bonds is 9. The van der Waals surface area contributed by atoms with Gasteiger partial charge >= 0.3 is 0 Å². The number of carbonyl (C=O) groups excluding carboxylic acids is 1. The van der Waals surface area contributed by atoms with Gasteiger partial charge in [-0.1, -0.05) is 25.1 Å². The van der Waals surface area contributed by atoms with Crippen molar-refractivity contribution in [2.45, 2.75) is 57.2 Å². The number of fused-ring (bicyclic) bond motifs is 1. The lowest BCUT2D eigenvalue weighted by atomic mass is 9.86. The van der Waals surface area contributed by atoms with E-state index in [9.17, 15) is 18.7 Å². The van der Waals surface area contributed by atoms with Gasteiger partial charge in [-0.2, -0.15) is 0 Å². The summed E-state index contributed by atoms with van der Waals surface area (Å²) in [5, 5.41) is 25.8. The van der Waals surface area contributed by atoms with Crippen LogP contribution in [0.25, 0.3) is 0 Å². The van der Waals surface area contributed by atoms with Gasteiger partial charge in [0.1, 0.15) is 18.2 Å². The zero-order chi connectivity index (χ0) is 22.4. The monoisotopic (exact) mass is 432 g/mol. The van der Waals surface area contributed by atoms with Gasteiger partial charge in [-0.25, -0.2) is 8.78 Å². The highest BCUT2D eigenvalue weighted by molar-refractivity contribution is 5.77. The Morgan fingerprint density at radius 1 is 1.16 bits per heavy atom. The normalized spacial score (nSPS) is 17.6. The number of hydrogen-bond acceptors (Lipinski definition) is 4. The number of aliphatic hydroxyl groups excluding tert-OH is 2. The molecule has 0 heterocycles. The summed E-state index contributed by atoms with van der Waals surface area (Å²) in [5.74, 6) is -2.10. The van der Waals surface area contributed by atoms with Crippen LogP contribution in [0.4, 0.5) is 8.78 Å². The van der Waals surface area contributed by atoms with Crippen LogP contribution in [0, 0.1) is 11.6 Å². The zero-order valence-corrected chi connectivity index (χ0v) is 17.7. The lowest BCUT2D eigenvalue weighted by Gasteiger charge is -2.30. The Morgan fingerprint density at radius 2 is 1.90 bits per heavy atom. The van der Waals surface area contributed by atoms with Crippen molar-refractivity contribution in [3.8, 4) is 0 Å². The Kier molecular flexibility index (Phi) is 8.12. The molecule has 1 amide bonds. The lowest BCUT2D eigenvalue weighted by Crippen LogP contribution is -2.50. The molecule has 0 spiro atoms. The van der Waals surface area contributed by atoms with E-state index in [0.717, 1.165) is 31.7 Å². The maximum absolute atomic E-state index is 13.6. The third kappa shape index (κ3) is 6.32. The highest BCUT2D eigenvalue weighted by Gasteiger charge is 2.25. The average molecular weight is 433 g/mol. The summed E-state index contributed by atoms with van der Waals surface area (Å²) < 4.78 is 27.1. The summed E-state index contributed by atoms with van der Waals surface area (Å²) >= 11 is 0. The van der Waals surface area contributed by atoms with Crippen molar-refractivity contribution < 1.29 is 23.8 Å². The molecule has 7 heteroatoms. The smallest absolute Gasteiger partial charge is 0.246 e. The molecule has 0 aromatic heterocycles. The highest BCUT2D eigenvalue weighted by Crippen LogP contribution is 2.30. The van der Waals surface area contributed by atoms with E-state index < -0.39 is 36.3 Å². The number of nitrogens with one attached hydrogen (secondary N) is 2. The Bertz CT molecular complexity index is 886. The van der Waals surface area contributed by atoms with E-state index in [0.29, 0.717) is 5.56 Å². The second-order valence-corrected chi connectivity index (χ2v) is 8.12. The van der Waals surface area contributed by atoms with Gasteiger partial charge in [0.25, 0.3) is 0 Å². The molecule has 1 aliphatic rings. The molecule has 0 bridgehead atoms. The number of benzene rings is 2. The molecule has 2 aromatic carbocycles. The molecule has 0 radical (unpaired) electrons. The van der Waals surface area contributed by atoms with Crippen LogP contribution in [0.3, 0.4) is 0 Å². The third-order valence-electron chi connectivity index (χ3n) is 5.84. The van der Waals surface area contributed by atoms with Crippen LogP contribution in [0.15, 0.2) is 36.4 Å². The topological polar surface area (TPSA) is 81.6 Å². The van der Waals surface area contributed by atoms with Crippen LogP contribution < -0.4 is 10.6 Å². The highest BCUT2D eigenvalue weighted by atomic mass is 19.1. The fourth-order valence-electron chi connectivity index (χ4n) is 4.20. The third-order valence-corrected chi connectivity index (χ3v) is 5.84. The average Bonchev–Trinajstić information content (AvgIpc) is 2.75. The fraction of sp³-hybridized carbons (Fsp3) is 0.458. The molecule has 4 N–H and O–H groups in total. The van der Waals surface area contributed by atoms with E-state index in [-0.39, 0.29) is 19.0 Å². The minimum atomic E-state index is -1.01. The molecule has 0 saturated carbocycles. The van der Waals surface area contributed by atoms with Gasteiger partial charge in [0, 0.05) is 18.7 Å². The van der Waals surface area contributed by atoms with Crippen molar-refractivity contribution in [1.82, 2.24) is 10.6 Å². The largest absolute Gasteiger partial charge is 0.390 e. The first-order chi connectivity index (χ1) is 14.9. The summed E-state index contributed by atoms with van der Waals surface area (Å²) in [6.45, 7) is 1.57. The van der Waals surface area contributed by atoms with Crippen LogP contribution in [0.5, 0.6) is 0 Å². The molecule has 5 nitrogen and oxygen atoms in total. The quantitative estimate of drug-likeness (QED) is 0.491. The molecule has 0 saturated heterocycles. The molecule has 168 valence electrons. The molecule has 31 heavy (non-hydrogen) atoms. The number of hydrogen-bond donors (Lipinski definition) is 4. The van der Waals surface area contributed by atoms with Gasteiger partial charge in [-0.3, -0.25) is 4.79 Å². The van der Waals surface area contributed by atoms with E-state index in [2.05, 4.69) is 35.8 Å². The number of aliphatic hydroxyl groups is 2. The second kappa shape index (κ2) is 10.8. The molecule has 1 aliphatic carbocycles. The zero-order valence-electron chi connectivity index (χ0n) is 17.7. The summed E-state index contributed by atoms with van der Waals surface area (Å²) in [6.07, 6.45) is 2.98. The van der Waals surface area contributed by atoms with Gasteiger partial charge in [0.2, 0.25) is 5.91 Å². The molecule has 0 fully saturated rings. The minimum absolute atomic E-state index is 0.0322. The molecule has 3 atom stereocenters. The SMILES string of the molecule is CCc1ccc2c(c1)[C@@H](NCC(O)C(Cc1cc(F)cc(F)c1)NC(=O)CO)CCC2. The Labute approximate surface area is 181 Å². The van der Waals surface area contributed by atoms with E-state index in [1.807, 2.05) is 0 Å². The maximum Gasteiger partial charge on any atom is 0.246 e. The Balaban J connectivity index is 1.70. The van der Waals surface area contributed by atoms with Gasteiger partial charge in [-0.15, -0.1) is 0 Å². The fourth-order valence-corrected chi connectivity index (χ4v) is 4.20. The number of amides is 1. The van der Waals surface area contributed by atoms with Crippen LogP contribution >= 0.6 is 0 Å². The predicted octanol–water partition coefficient (Wildman–Crippen LogP) is 2.57. The van der Waals surface area contributed by atoms with Crippen LogP contribution in [-0.4, -0.2) is 41.4 Å². The van der Waals surface area contributed by atoms with Gasteiger partial charge in [-0.05, 0) is 66.5 Å². The number of carbonyl (C=O) groups is 1. The van der Waals surface area contributed by atoms with Crippen molar-refractivity contribution in [2.24, 2.45) is 0 Å². The number of halogens is 2. The van der Waals surface area contributed by atoms with Crippen molar-refractivity contribution in [3.05, 3.63) is 70.3 Å². The van der Waals surface area contributed by atoms with Crippen molar-refractivity contribution in [2.75, 3.05) is 13.2 Å². The van der Waals surface area contributed by atoms with E-state index >= 15 is 0 Å². The number of aryl methyl sites for hydroxylation is 2. The van der Waals surface area contributed by atoms with Gasteiger partial charge in [0.15, 0.2) is 0 Å². The molecule has 2 unspecified atom stereocenters.